The van der Waals surface area contributed by atoms with Crippen LogP contribution in [0.5, 0.6) is 11.5 Å². The number of aromatic nitrogens is 3. The molecule has 170 valence electrons. The van der Waals surface area contributed by atoms with E-state index in [1.807, 2.05) is 60.8 Å². The highest BCUT2D eigenvalue weighted by Gasteiger charge is 2.20. The molecule has 0 aliphatic heterocycles. The summed E-state index contributed by atoms with van der Waals surface area (Å²) in [6, 6.07) is 17.2. The van der Waals surface area contributed by atoms with Crippen molar-refractivity contribution in [2.24, 2.45) is 0 Å². The Bertz CT molecular complexity index is 1230. The van der Waals surface area contributed by atoms with Gasteiger partial charge in [-0.25, -0.2) is 19.7 Å². The monoisotopic (exact) mass is 463 g/mol. The van der Waals surface area contributed by atoms with E-state index in [0.29, 0.717) is 40.7 Å². The Kier molecular flexibility index (Phi) is 7.11. The molecule has 4 rings (SSSR count). The van der Waals surface area contributed by atoms with Crippen molar-refractivity contribution in [1.29, 1.82) is 0 Å². The summed E-state index contributed by atoms with van der Waals surface area (Å²) in [6.07, 6.45) is 3.26. The van der Waals surface area contributed by atoms with Crippen LogP contribution in [0.1, 0.15) is 6.92 Å². The number of hydrogen-bond acceptors (Lipinski definition) is 7. The number of carbonyl (C=O) groups is 1. The van der Waals surface area contributed by atoms with Crippen molar-refractivity contribution in [3.63, 3.8) is 0 Å². The molecule has 0 aliphatic carbocycles. The van der Waals surface area contributed by atoms with Crippen molar-refractivity contribution in [2.45, 2.75) is 6.92 Å². The lowest BCUT2D eigenvalue weighted by Crippen LogP contribution is -2.40. The third kappa shape index (κ3) is 5.10. The predicted molar refractivity (Wildman–Crippen MR) is 132 cm³/mol. The number of anilines is 1. The van der Waals surface area contributed by atoms with Gasteiger partial charge in [-0.05, 0) is 29.8 Å². The number of nitrogen functional groups attached to an aromatic ring is 1. The third-order valence-electron chi connectivity index (χ3n) is 5.05. The van der Waals surface area contributed by atoms with Gasteiger partial charge in [0, 0.05) is 30.2 Å². The standard InChI is InChI=1S/C24H25N5O3S/c1-17(31)28(11-13-33-14-12-30)29-15-21(22-23(25)26-16-27-24(22)29)18-7-9-20(10-8-18)32-19-5-3-2-4-6-19/h2-10,15-16,30H,11-14H2,1H3,(H2,25,26,27). The molecule has 2 aromatic heterocycles. The molecule has 0 aliphatic rings. The number of hydrogen-bond donors (Lipinski definition) is 2. The van der Waals surface area contributed by atoms with E-state index in [9.17, 15) is 4.79 Å². The molecule has 9 heteroatoms. The molecular formula is C24H25N5O3S. The topological polar surface area (TPSA) is 106 Å². The number of rotatable bonds is 9. The summed E-state index contributed by atoms with van der Waals surface area (Å²) in [5.41, 5.74) is 8.52. The Labute approximate surface area is 196 Å². The number of nitrogens with zero attached hydrogens (tertiary/aromatic N) is 4. The van der Waals surface area contributed by atoms with Crippen LogP contribution in [0.4, 0.5) is 5.82 Å². The van der Waals surface area contributed by atoms with E-state index in [0.717, 1.165) is 16.9 Å². The number of benzene rings is 2. The van der Waals surface area contributed by atoms with Crippen molar-refractivity contribution in [1.82, 2.24) is 14.6 Å². The number of carbonyl (C=O) groups excluding carboxylic acids is 1. The molecule has 2 aromatic carbocycles. The highest BCUT2D eigenvalue weighted by Crippen LogP contribution is 2.34. The van der Waals surface area contributed by atoms with Gasteiger partial charge in [0.15, 0.2) is 5.65 Å². The molecule has 0 fully saturated rings. The number of amides is 1. The normalized spacial score (nSPS) is 11.0. The second-order valence-corrected chi connectivity index (χ2v) is 8.49. The molecule has 8 nitrogen and oxygen atoms in total. The van der Waals surface area contributed by atoms with Crippen LogP contribution in [0.2, 0.25) is 0 Å². The van der Waals surface area contributed by atoms with Gasteiger partial charge in [-0.2, -0.15) is 11.8 Å². The Morgan fingerprint density at radius 1 is 1.09 bits per heavy atom. The summed E-state index contributed by atoms with van der Waals surface area (Å²) in [4.78, 5) is 21.0. The lowest BCUT2D eigenvalue weighted by Gasteiger charge is -2.22. The van der Waals surface area contributed by atoms with E-state index in [1.165, 1.54) is 13.3 Å². The molecule has 0 atom stereocenters. The number of nitrogens with two attached hydrogens (primary N) is 1. The SMILES string of the molecule is CC(=O)N(CCSCCO)n1cc(-c2ccc(Oc3ccccc3)cc2)c2c(N)ncnc21. The second kappa shape index (κ2) is 10.4. The Balaban J connectivity index is 1.68. The zero-order valence-corrected chi connectivity index (χ0v) is 19.0. The summed E-state index contributed by atoms with van der Waals surface area (Å²) in [5, 5.41) is 11.3. The van der Waals surface area contributed by atoms with Gasteiger partial charge < -0.3 is 15.6 Å². The molecule has 2 heterocycles. The summed E-state index contributed by atoms with van der Waals surface area (Å²) >= 11 is 1.58. The quantitative estimate of drug-likeness (QED) is 0.365. The van der Waals surface area contributed by atoms with Crippen molar-refractivity contribution < 1.29 is 14.6 Å². The molecule has 33 heavy (non-hydrogen) atoms. The summed E-state index contributed by atoms with van der Waals surface area (Å²) in [6.45, 7) is 2.09. The van der Waals surface area contributed by atoms with Crippen molar-refractivity contribution >= 4 is 34.5 Å². The van der Waals surface area contributed by atoms with Crippen LogP contribution in [0, 0.1) is 0 Å². The average molecular weight is 464 g/mol. The third-order valence-corrected chi connectivity index (χ3v) is 5.99. The first-order valence-corrected chi connectivity index (χ1v) is 11.7. The fourth-order valence-corrected chi connectivity index (χ4v) is 4.17. The minimum atomic E-state index is -0.119. The van der Waals surface area contributed by atoms with Crippen LogP contribution >= 0.6 is 11.8 Å². The molecule has 0 radical (unpaired) electrons. The fraction of sp³-hybridized carbons (Fsp3) is 0.208. The van der Waals surface area contributed by atoms with E-state index in [1.54, 1.807) is 21.4 Å². The van der Waals surface area contributed by atoms with Crippen LogP contribution < -0.4 is 15.5 Å². The van der Waals surface area contributed by atoms with Gasteiger partial charge in [0.1, 0.15) is 23.6 Å². The van der Waals surface area contributed by atoms with Crippen molar-refractivity contribution in [3.05, 3.63) is 67.1 Å². The smallest absolute Gasteiger partial charge is 0.238 e. The Hall–Kier alpha value is -3.56. The van der Waals surface area contributed by atoms with Gasteiger partial charge in [0.05, 0.1) is 18.5 Å². The first-order chi connectivity index (χ1) is 16.1. The number of thioether (sulfide) groups is 1. The van der Waals surface area contributed by atoms with Crippen LogP contribution in [0.3, 0.4) is 0 Å². The molecule has 0 saturated carbocycles. The number of aliphatic hydroxyl groups excluding tert-OH is 1. The molecule has 0 unspecified atom stereocenters. The van der Waals surface area contributed by atoms with Gasteiger partial charge in [-0.3, -0.25) is 4.79 Å². The fourth-order valence-electron chi connectivity index (χ4n) is 3.53. The number of para-hydroxylation sites is 1. The summed E-state index contributed by atoms with van der Waals surface area (Å²) in [5.74, 6) is 3.00. The minimum absolute atomic E-state index is 0.106. The Morgan fingerprint density at radius 2 is 1.82 bits per heavy atom. The maximum absolute atomic E-state index is 12.5. The van der Waals surface area contributed by atoms with Gasteiger partial charge in [0.25, 0.3) is 0 Å². The lowest BCUT2D eigenvalue weighted by molar-refractivity contribution is -0.117. The first kappa shape index (κ1) is 22.6. The summed E-state index contributed by atoms with van der Waals surface area (Å²) < 4.78 is 7.63. The van der Waals surface area contributed by atoms with E-state index in [4.69, 9.17) is 15.6 Å². The van der Waals surface area contributed by atoms with Crippen LogP contribution in [0.15, 0.2) is 67.1 Å². The molecule has 3 N–H and O–H groups in total. The zero-order chi connectivity index (χ0) is 23.2. The lowest BCUT2D eigenvalue weighted by atomic mass is 10.1. The van der Waals surface area contributed by atoms with E-state index in [-0.39, 0.29) is 12.5 Å². The second-order valence-electron chi connectivity index (χ2n) is 7.26. The predicted octanol–water partition coefficient (Wildman–Crippen LogP) is 3.68. The number of fused-ring (bicyclic) bond motifs is 1. The highest BCUT2D eigenvalue weighted by atomic mass is 32.2. The highest BCUT2D eigenvalue weighted by molar-refractivity contribution is 7.99. The van der Waals surface area contributed by atoms with Gasteiger partial charge in [-0.1, -0.05) is 30.3 Å². The largest absolute Gasteiger partial charge is 0.457 e. The van der Waals surface area contributed by atoms with Crippen molar-refractivity contribution in [2.75, 3.05) is 35.4 Å². The molecule has 0 bridgehead atoms. The Morgan fingerprint density at radius 3 is 2.52 bits per heavy atom. The zero-order valence-electron chi connectivity index (χ0n) is 18.2. The molecular weight excluding hydrogens is 438 g/mol. The maximum atomic E-state index is 12.5. The van der Waals surface area contributed by atoms with Crippen LogP contribution in [-0.4, -0.2) is 50.3 Å². The summed E-state index contributed by atoms with van der Waals surface area (Å²) in [7, 11) is 0. The van der Waals surface area contributed by atoms with E-state index < -0.39 is 0 Å². The number of aliphatic hydroxyl groups is 1. The molecule has 1 amide bonds. The van der Waals surface area contributed by atoms with E-state index >= 15 is 0 Å². The minimum Gasteiger partial charge on any atom is -0.457 e. The first-order valence-electron chi connectivity index (χ1n) is 10.5. The number of ether oxygens (including phenoxy) is 1. The average Bonchev–Trinajstić information content (AvgIpc) is 3.21. The molecule has 4 aromatic rings. The van der Waals surface area contributed by atoms with Gasteiger partial charge in [-0.15, -0.1) is 0 Å². The van der Waals surface area contributed by atoms with E-state index in [2.05, 4.69) is 9.97 Å². The maximum Gasteiger partial charge on any atom is 0.238 e. The van der Waals surface area contributed by atoms with Gasteiger partial charge in [0.2, 0.25) is 5.91 Å². The molecule has 0 saturated heterocycles. The van der Waals surface area contributed by atoms with Crippen molar-refractivity contribution in [3.8, 4) is 22.6 Å². The molecule has 0 spiro atoms. The van der Waals surface area contributed by atoms with Crippen LogP contribution in [0.25, 0.3) is 22.2 Å². The van der Waals surface area contributed by atoms with Crippen LogP contribution in [-0.2, 0) is 4.79 Å². The van der Waals surface area contributed by atoms with Gasteiger partial charge >= 0.3 is 0 Å².